The number of amides is 1. The monoisotopic (exact) mass is 566 g/mol. The average Bonchev–Trinajstić information content (AvgIpc) is 2.88. The SMILES string of the molecule is O=C(N/N=C/c1ccc(OCc2ccc(C(F)(F)F)cc2C(F)(F)F)c2ccccc12)c1ccc(O)c(Cl)c1. The van der Waals surface area contributed by atoms with Crippen LogP contribution in [0.5, 0.6) is 11.5 Å². The van der Waals surface area contributed by atoms with Gasteiger partial charge in [0, 0.05) is 22.1 Å². The Morgan fingerprint density at radius 1 is 0.923 bits per heavy atom. The van der Waals surface area contributed by atoms with E-state index in [4.69, 9.17) is 16.3 Å². The summed E-state index contributed by atoms with van der Waals surface area (Å²) in [7, 11) is 0. The molecule has 0 atom stereocenters. The van der Waals surface area contributed by atoms with Crippen molar-refractivity contribution in [3.8, 4) is 11.5 Å². The molecule has 0 spiro atoms. The molecular weight excluding hydrogens is 550 g/mol. The van der Waals surface area contributed by atoms with E-state index in [1.54, 1.807) is 30.3 Å². The van der Waals surface area contributed by atoms with Crippen molar-refractivity contribution in [3.63, 3.8) is 0 Å². The minimum atomic E-state index is -5.02. The maximum Gasteiger partial charge on any atom is 0.416 e. The molecule has 0 aliphatic carbocycles. The van der Waals surface area contributed by atoms with Gasteiger partial charge in [0.05, 0.1) is 22.4 Å². The van der Waals surface area contributed by atoms with Crippen LogP contribution in [0.1, 0.15) is 32.6 Å². The second-order valence-corrected chi connectivity index (χ2v) is 8.63. The molecule has 4 aromatic carbocycles. The number of alkyl halides is 6. The van der Waals surface area contributed by atoms with E-state index < -0.39 is 41.6 Å². The van der Waals surface area contributed by atoms with Crippen LogP contribution < -0.4 is 10.2 Å². The second kappa shape index (κ2) is 10.9. The van der Waals surface area contributed by atoms with Crippen LogP contribution in [0.4, 0.5) is 26.3 Å². The standard InChI is InChI=1S/C27H17ClF6N2O3/c28-22-11-15(6-9-23(22)37)25(38)36-35-13-16-7-10-24(20-4-2-1-3-19(16)20)39-14-17-5-8-18(26(29,30)31)12-21(17)27(32,33)34/h1-13,37H,14H2,(H,36,38)/b35-13+. The van der Waals surface area contributed by atoms with Gasteiger partial charge in [-0.1, -0.05) is 41.9 Å². The Morgan fingerprint density at radius 2 is 1.64 bits per heavy atom. The molecule has 202 valence electrons. The quantitative estimate of drug-likeness (QED) is 0.144. The highest BCUT2D eigenvalue weighted by Gasteiger charge is 2.38. The number of hydrogen-bond donors (Lipinski definition) is 2. The van der Waals surface area contributed by atoms with E-state index in [-0.39, 0.29) is 28.2 Å². The van der Waals surface area contributed by atoms with Crippen LogP contribution >= 0.6 is 11.6 Å². The fraction of sp³-hybridized carbons (Fsp3) is 0.111. The van der Waals surface area contributed by atoms with E-state index >= 15 is 0 Å². The van der Waals surface area contributed by atoms with Crippen LogP contribution in [-0.2, 0) is 19.0 Å². The molecule has 1 amide bonds. The number of nitrogens with one attached hydrogen (secondary N) is 1. The van der Waals surface area contributed by atoms with Crippen LogP contribution in [0.2, 0.25) is 5.02 Å². The smallest absolute Gasteiger partial charge is 0.416 e. The van der Waals surface area contributed by atoms with Crippen molar-refractivity contribution < 1.29 is 41.0 Å². The van der Waals surface area contributed by atoms with E-state index in [9.17, 15) is 36.2 Å². The number of rotatable bonds is 6. The molecule has 0 aliphatic rings. The van der Waals surface area contributed by atoms with Crippen LogP contribution in [0.15, 0.2) is 77.9 Å². The molecule has 0 bridgehead atoms. The summed E-state index contributed by atoms with van der Waals surface area (Å²) in [5.74, 6) is -0.577. The third-order valence-corrected chi connectivity index (χ3v) is 5.93. The summed E-state index contributed by atoms with van der Waals surface area (Å²) in [5, 5.41) is 14.5. The summed E-state index contributed by atoms with van der Waals surface area (Å²) in [4.78, 5) is 12.3. The van der Waals surface area contributed by atoms with Gasteiger partial charge in [0.15, 0.2) is 0 Å². The Hall–Kier alpha value is -4.25. The molecule has 39 heavy (non-hydrogen) atoms. The molecule has 12 heteroatoms. The lowest BCUT2D eigenvalue weighted by atomic mass is 10.0. The predicted molar refractivity (Wildman–Crippen MR) is 133 cm³/mol. The summed E-state index contributed by atoms with van der Waals surface area (Å²) in [6.45, 7) is -0.629. The Balaban J connectivity index is 1.56. The first-order valence-electron chi connectivity index (χ1n) is 11.1. The number of fused-ring (bicyclic) bond motifs is 1. The van der Waals surface area contributed by atoms with Gasteiger partial charge in [-0.3, -0.25) is 4.79 Å². The zero-order valence-electron chi connectivity index (χ0n) is 19.6. The third kappa shape index (κ3) is 6.43. The number of hydrogen-bond acceptors (Lipinski definition) is 4. The number of hydrazone groups is 1. The second-order valence-electron chi connectivity index (χ2n) is 8.22. The minimum absolute atomic E-state index is 0.00754. The van der Waals surface area contributed by atoms with Gasteiger partial charge in [-0.2, -0.15) is 31.4 Å². The zero-order chi connectivity index (χ0) is 28.4. The normalized spacial score (nSPS) is 12.2. The fourth-order valence-electron chi connectivity index (χ4n) is 3.70. The van der Waals surface area contributed by atoms with Crippen molar-refractivity contribution >= 4 is 34.5 Å². The average molecular weight is 567 g/mol. The van der Waals surface area contributed by atoms with Crippen molar-refractivity contribution in [2.24, 2.45) is 5.10 Å². The third-order valence-electron chi connectivity index (χ3n) is 5.62. The molecule has 0 aromatic heterocycles. The summed E-state index contributed by atoms with van der Waals surface area (Å²) in [5.41, 5.74) is -0.279. The Morgan fingerprint density at radius 3 is 2.31 bits per heavy atom. The summed E-state index contributed by atoms with van der Waals surface area (Å²) in [6.07, 6.45) is -8.59. The summed E-state index contributed by atoms with van der Waals surface area (Å²) in [6, 6.07) is 15.0. The molecule has 0 fully saturated rings. The number of carbonyl (C=O) groups is 1. The van der Waals surface area contributed by atoms with Crippen LogP contribution in [0.25, 0.3) is 10.8 Å². The Labute approximate surface area is 222 Å². The van der Waals surface area contributed by atoms with Gasteiger partial charge < -0.3 is 9.84 Å². The number of phenolic OH excluding ortho intramolecular Hbond substituents is 1. The highest BCUT2D eigenvalue weighted by molar-refractivity contribution is 6.32. The van der Waals surface area contributed by atoms with E-state index in [0.29, 0.717) is 22.4 Å². The maximum absolute atomic E-state index is 13.5. The van der Waals surface area contributed by atoms with Gasteiger partial charge in [-0.05, 0) is 47.9 Å². The minimum Gasteiger partial charge on any atom is -0.506 e. The number of nitrogens with zero attached hydrogens (tertiary/aromatic N) is 1. The number of aromatic hydroxyl groups is 1. The van der Waals surface area contributed by atoms with Crippen LogP contribution in [-0.4, -0.2) is 17.2 Å². The first-order valence-corrected chi connectivity index (χ1v) is 11.5. The largest absolute Gasteiger partial charge is 0.506 e. The van der Waals surface area contributed by atoms with Gasteiger partial charge in [0.25, 0.3) is 5.91 Å². The lowest BCUT2D eigenvalue weighted by Gasteiger charge is -2.17. The number of carbonyl (C=O) groups excluding carboxylic acids is 1. The molecule has 0 heterocycles. The van der Waals surface area contributed by atoms with E-state index in [2.05, 4.69) is 10.5 Å². The predicted octanol–water partition coefficient (Wildman–Crippen LogP) is 7.58. The first-order chi connectivity index (χ1) is 18.3. The molecule has 2 N–H and O–H groups in total. The number of benzene rings is 4. The van der Waals surface area contributed by atoms with Crippen molar-refractivity contribution in [2.45, 2.75) is 19.0 Å². The number of halogens is 7. The zero-order valence-corrected chi connectivity index (χ0v) is 20.3. The molecule has 0 saturated heterocycles. The molecule has 0 saturated carbocycles. The van der Waals surface area contributed by atoms with Crippen LogP contribution in [0, 0.1) is 0 Å². The number of ether oxygens (including phenoxy) is 1. The fourth-order valence-corrected chi connectivity index (χ4v) is 3.88. The van der Waals surface area contributed by atoms with Gasteiger partial charge in [-0.25, -0.2) is 5.43 Å². The van der Waals surface area contributed by atoms with Crippen molar-refractivity contribution in [1.82, 2.24) is 5.43 Å². The van der Waals surface area contributed by atoms with E-state index in [1.807, 2.05) is 0 Å². The van der Waals surface area contributed by atoms with Gasteiger partial charge in [0.1, 0.15) is 18.1 Å². The molecule has 0 aliphatic heterocycles. The molecule has 0 radical (unpaired) electrons. The van der Waals surface area contributed by atoms with Crippen LogP contribution in [0.3, 0.4) is 0 Å². The molecule has 4 aromatic rings. The maximum atomic E-state index is 13.5. The summed E-state index contributed by atoms with van der Waals surface area (Å²) < 4.78 is 84.9. The lowest BCUT2D eigenvalue weighted by molar-refractivity contribution is -0.143. The highest BCUT2D eigenvalue weighted by Crippen LogP contribution is 2.38. The van der Waals surface area contributed by atoms with Gasteiger partial charge >= 0.3 is 12.4 Å². The van der Waals surface area contributed by atoms with E-state index in [0.717, 1.165) is 6.07 Å². The van der Waals surface area contributed by atoms with E-state index in [1.165, 1.54) is 30.5 Å². The topological polar surface area (TPSA) is 70.9 Å². The number of phenols is 1. The summed E-state index contributed by atoms with van der Waals surface area (Å²) >= 11 is 5.81. The van der Waals surface area contributed by atoms with Crippen molar-refractivity contribution in [2.75, 3.05) is 0 Å². The van der Waals surface area contributed by atoms with Gasteiger partial charge in [-0.15, -0.1) is 0 Å². The molecule has 5 nitrogen and oxygen atoms in total. The molecular formula is C27H17ClF6N2O3. The Kier molecular flexibility index (Phi) is 7.73. The first kappa shape index (κ1) is 27.8. The molecule has 4 rings (SSSR count). The van der Waals surface area contributed by atoms with Crippen molar-refractivity contribution in [1.29, 1.82) is 0 Å². The lowest BCUT2D eigenvalue weighted by Crippen LogP contribution is -2.17. The highest BCUT2D eigenvalue weighted by atomic mass is 35.5. The van der Waals surface area contributed by atoms with Gasteiger partial charge in [0.2, 0.25) is 0 Å². The Bertz CT molecular complexity index is 1570. The van der Waals surface area contributed by atoms with Crippen molar-refractivity contribution in [3.05, 3.63) is 106 Å². The molecule has 0 unspecified atom stereocenters.